The lowest BCUT2D eigenvalue weighted by Gasteiger charge is -2.18. The zero-order chi connectivity index (χ0) is 15.8. The van der Waals surface area contributed by atoms with Gasteiger partial charge in [-0.15, -0.1) is 11.8 Å². The van der Waals surface area contributed by atoms with E-state index in [1.807, 2.05) is 0 Å². The second kappa shape index (κ2) is 5.80. The first kappa shape index (κ1) is 16.0. The quantitative estimate of drug-likeness (QED) is 0.522. The molecule has 1 amide bonds. The third kappa shape index (κ3) is 3.65. The summed E-state index contributed by atoms with van der Waals surface area (Å²) in [5, 5.41) is 2.63. The summed E-state index contributed by atoms with van der Waals surface area (Å²) in [6.07, 6.45) is -4.33. The SMILES string of the molecule is Cc1cc(F)c(N2C(=O)CNC2=S)cc1SCC(F)(F)F. The average molecular weight is 338 g/mol. The standard InChI is InChI=1S/C12H10F4N2OS2/c1-6-2-7(13)8(18-10(19)4-17-11(18)20)3-9(6)21-5-12(14,15)16/h2-3H,4-5H2,1H3,(H,17,20). The zero-order valence-electron chi connectivity index (χ0n) is 10.8. The maximum atomic E-state index is 14.0. The van der Waals surface area contributed by atoms with Gasteiger partial charge in [-0.05, 0) is 36.8 Å². The lowest BCUT2D eigenvalue weighted by molar-refractivity contribution is -0.115. The van der Waals surface area contributed by atoms with Gasteiger partial charge in [-0.2, -0.15) is 13.2 Å². The van der Waals surface area contributed by atoms with Crippen LogP contribution in [0.2, 0.25) is 0 Å². The van der Waals surface area contributed by atoms with Crippen LogP contribution < -0.4 is 10.2 Å². The number of thiocarbonyl (C=S) groups is 1. The Balaban J connectivity index is 2.34. The minimum Gasteiger partial charge on any atom is -0.353 e. The number of nitrogens with one attached hydrogen (secondary N) is 1. The van der Waals surface area contributed by atoms with E-state index in [0.717, 1.165) is 11.0 Å². The minimum atomic E-state index is -4.33. The molecule has 0 aliphatic carbocycles. The van der Waals surface area contributed by atoms with Gasteiger partial charge < -0.3 is 5.32 Å². The molecule has 0 radical (unpaired) electrons. The number of amides is 1. The molecule has 21 heavy (non-hydrogen) atoms. The van der Waals surface area contributed by atoms with Crippen molar-refractivity contribution >= 4 is 40.7 Å². The predicted octanol–water partition coefficient (Wildman–Crippen LogP) is 3.01. The first-order chi connectivity index (χ1) is 9.69. The highest BCUT2D eigenvalue weighted by Crippen LogP contribution is 2.34. The number of halogens is 4. The van der Waals surface area contributed by atoms with Crippen molar-refractivity contribution in [3.63, 3.8) is 0 Å². The number of anilines is 1. The molecular formula is C12H10F4N2OS2. The number of alkyl halides is 3. The molecule has 1 N–H and O–H groups in total. The molecule has 1 aromatic rings. The van der Waals surface area contributed by atoms with Crippen molar-refractivity contribution in [3.8, 4) is 0 Å². The van der Waals surface area contributed by atoms with Gasteiger partial charge in [0.1, 0.15) is 5.82 Å². The van der Waals surface area contributed by atoms with E-state index >= 15 is 0 Å². The van der Waals surface area contributed by atoms with Crippen LogP contribution in [0.5, 0.6) is 0 Å². The number of benzene rings is 1. The van der Waals surface area contributed by atoms with Gasteiger partial charge in [0.25, 0.3) is 5.91 Å². The van der Waals surface area contributed by atoms with E-state index in [9.17, 15) is 22.4 Å². The fourth-order valence-corrected chi connectivity index (χ4v) is 2.87. The monoisotopic (exact) mass is 338 g/mol. The molecule has 1 saturated heterocycles. The van der Waals surface area contributed by atoms with Crippen molar-refractivity contribution in [3.05, 3.63) is 23.5 Å². The van der Waals surface area contributed by atoms with Crippen LogP contribution in [0.1, 0.15) is 5.56 Å². The van der Waals surface area contributed by atoms with Gasteiger partial charge >= 0.3 is 6.18 Å². The molecule has 9 heteroatoms. The number of carbonyl (C=O) groups is 1. The van der Waals surface area contributed by atoms with E-state index < -0.39 is 23.7 Å². The van der Waals surface area contributed by atoms with Crippen LogP contribution in [0, 0.1) is 12.7 Å². The second-order valence-corrected chi connectivity index (χ2v) is 5.76. The fourth-order valence-electron chi connectivity index (χ4n) is 1.79. The van der Waals surface area contributed by atoms with Crippen molar-refractivity contribution in [2.45, 2.75) is 18.0 Å². The first-order valence-electron chi connectivity index (χ1n) is 5.79. The lowest BCUT2D eigenvalue weighted by Crippen LogP contribution is -2.31. The summed E-state index contributed by atoms with van der Waals surface area (Å²) in [5.74, 6) is -2.24. The molecule has 1 aromatic carbocycles. The maximum absolute atomic E-state index is 14.0. The molecule has 0 unspecified atom stereocenters. The maximum Gasteiger partial charge on any atom is 0.398 e. The Morgan fingerprint density at radius 2 is 2.10 bits per heavy atom. The molecule has 0 atom stereocenters. The first-order valence-corrected chi connectivity index (χ1v) is 7.19. The van der Waals surface area contributed by atoms with E-state index in [2.05, 4.69) is 5.32 Å². The van der Waals surface area contributed by atoms with Crippen molar-refractivity contribution in [2.75, 3.05) is 17.2 Å². The van der Waals surface area contributed by atoms with Gasteiger partial charge in [0, 0.05) is 4.90 Å². The van der Waals surface area contributed by atoms with Crippen LogP contribution in [0.15, 0.2) is 17.0 Å². The summed E-state index contributed by atoms with van der Waals surface area (Å²) in [6, 6.07) is 2.32. The van der Waals surface area contributed by atoms with Crippen LogP contribution in [0.3, 0.4) is 0 Å². The van der Waals surface area contributed by atoms with Gasteiger partial charge in [0.2, 0.25) is 0 Å². The van der Waals surface area contributed by atoms with Gasteiger partial charge in [-0.25, -0.2) is 4.39 Å². The van der Waals surface area contributed by atoms with Crippen LogP contribution in [-0.2, 0) is 4.79 Å². The Morgan fingerprint density at radius 3 is 2.62 bits per heavy atom. The summed E-state index contributed by atoms with van der Waals surface area (Å²) in [4.78, 5) is 12.9. The largest absolute Gasteiger partial charge is 0.398 e. The molecule has 1 aliphatic rings. The Morgan fingerprint density at radius 1 is 1.43 bits per heavy atom. The lowest BCUT2D eigenvalue weighted by atomic mass is 10.2. The van der Waals surface area contributed by atoms with Crippen LogP contribution in [0.25, 0.3) is 0 Å². The molecule has 1 fully saturated rings. The second-order valence-electron chi connectivity index (χ2n) is 4.36. The smallest absolute Gasteiger partial charge is 0.353 e. The van der Waals surface area contributed by atoms with Gasteiger partial charge in [0.15, 0.2) is 5.11 Å². The van der Waals surface area contributed by atoms with E-state index in [0.29, 0.717) is 17.3 Å². The Labute approximate surface area is 127 Å². The molecule has 114 valence electrons. The fraction of sp³-hybridized carbons (Fsp3) is 0.333. The van der Waals surface area contributed by atoms with E-state index in [1.54, 1.807) is 0 Å². The van der Waals surface area contributed by atoms with Gasteiger partial charge in [0.05, 0.1) is 18.0 Å². The molecular weight excluding hydrogens is 328 g/mol. The van der Waals surface area contributed by atoms with Crippen LogP contribution in [-0.4, -0.2) is 29.5 Å². The van der Waals surface area contributed by atoms with Gasteiger partial charge in [-0.1, -0.05) is 0 Å². The summed E-state index contributed by atoms with van der Waals surface area (Å²) in [6.45, 7) is 1.45. The summed E-state index contributed by atoms with van der Waals surface area (Å²) in [5.41, 5.74) is 0.237. The minimum absolute atomic E-state index is 0.0366. The van der Waals surface area contributed by atoms with E-state index in [1.165, 1.54) is 13.0 Å². The number of hydrogen-bond donors (Lipinski definition) is 1. The summed E-state index contributed by atoms with van der Waals surface area (Å²) < 4.78 is 50.9. The molecule has 1 aliphatic heterocycles. The zero-order valence-corrected chi connectivity index (χ0v) is 12.4. The molecule has 0 spiro atoms. The van der Waals surface area contributed by atoms with Crippen LogP contribution in [0.4, 0.5) is 23.2 Å². The highest BCUT2D eigenvalue weighted by molar-refractivity contribution is 7.99. The predicted molar refractivity (Wildman–Crippen MR) is 76.0 cm³/mol. The number of rotatable bonds is 3. The average Bonchev–Trinajstić information content (AvgIpc) is 2.68. The van der Waals surface area contributed by atoms with Crippen molar-refractivity contribution in [2.24, 2.45) is 0 Å². The Kier molecular flexibility index (Phi) is 4.43. The van der Waals surface area contributed by atoms with Crippen molar-refractivity contribution in [1.29, 1.82) is 0 Å². The number of carbonyl (C=O) groups excluding carboxylic acids is 1. The molecule has 0 saturated carbocycles. The molecule has 0 aromatic heterocycles. The van der Waals surface area contributed by atoms with Crippen molar-refractivity contribution < 1.29 is 22.4 Å². The highest BCUT2D eigenvalue weighted by Gasteiger charge is 2.31. The van der Waals surface area contributed by atoms with Crippen molar-refractivity contribution in [1.82, 2.24) is 5.32 Å². The summed E-state index contributed by atoms with van der Waals surface area (Å²) >= 11 is 5.44. The van der Waals surface area contributed by atoms with E-state index in [4.69, 9.17) is 12.2 Å². The van der Waals surface area contributed by atoms with E-state index in [-0.39, 0.29) is 22.2 Å². The number of aryl methyl sites for hydroxylation is 1. The molecule has 1 heterocycles. The highest BCUT2D eigenvalue weighted by atomic mass is 32.2. The molecule has 3 nitrogen and oxygen atoms in total. The number of hydrogen-bond acceptors (Lipinski definition) is 3. The third-order valence-corrected chi connectivity index (χ3v) is 4.27. The third-order valence-electron chi connectivity index (χ3n) is 2.72. The molecule has 2 rings (SSSR count). The molecule has 0 bridgehead atoms. The van der Waals surface area contributed by atoms with Crippen LogP contribution >= 0.6 is 24.0 Å². The summed E-state index contributed by atoms with van der Waals surface area (Å²) in [7, 11) is 0. The normalized spacial score (nSPS) is 15.6. The topological polar surface area (TPSA) is 32.3 Å². The Bertz CT molecular complexity index is 588. The number of nitrogens with zero attached hydrogens (tertiary/aromatic N) is 1. The Hall–Kier alpha value is -1.35. The van der Waals surface area contributed by atoms with Gasteiger partial charge in [-0.3, -0.25) is 9.69 Å². The number of thioether (sulfide) groups is 1.